The zero-order valence-corrected chi connectivity index (χ0v) is 15.7. The molecule has 142 valence electrons. The number of benzene rings is 2. The summed E-state index contributed by atoms with van der Waals surface area (Å²) in [5, 5.41) is 18.9. The summed E-state index contributed by atoms with van der Waals surface area (Å²) in [6, 6.07) is 13.4. The van der Waals surface area contributed by atoms with E-state index >= 15 is 0 Å². The van der Waals surface area contributed by atoms with Gasteiger partial charge in [0.25, 0.3) is 5.56 Å². The van der Waals surface area contributed by atoms with Crippen molar-refractivity contribution in [2.75, 3.05) is 5.73 Å². The molecule has 0 radical (unpaired) electrons. The summed E-state index contributed by atoms with van der Waals surface area (Å²) in [4.78, 5) is 37.4. The first-order chi connectivity index (χ1) is 13.3. The smallest absolute Gasteiger partial charge is 0.342 e. The molecule has 3 rings (SSSR count). The Morgan fingerprint density at radius 2 is 1.64 bits per heavy atom. The number of halogens is 1. The van der Waals surface area contributed by atoms with Gasteiger partial charge >= 0.3 is 11.9 Å². The number of aromatic amines is 1. The number of carbonyl (C=O) groups is 2. The van der Waals surface area contributed by atoms with E-state index in [1.54, 1.807) is 24.3 Å². The first kappa shape index (κ1) is 19.2. The second kappa shape index (κ2) is 7.57. The van der Waals surface area contributed by atoms with Crippen LogP contribution in [0.3, 0.4) is 0 Å². The minimum Gasteiger partial charge on any atom is -0.478 e. The third kappa shape index (κ3) is 3.60. The highest BCUT2D eigenvalue weighted by Gasteiger charge is 2.26. The van der Waals surface area contributed by atoms with Crippen molar-refractivity contribution >= 4 is 33.7 Å². The third-order valence-electron chi connectivity index (χ3n) is 3.86. The fourth-order valence-electron chi connectivity index (χ4n) is 2.69. The number of H-pyrrole nitrogens is 1. The number of nitrogen functional groups attached to an aromatic ring is 1. The molecule has 0 aliphatic heterocycles. The van der Waals surface area contributed by atoms with Gasteiger partial charge in [0.15, 0.2) is 0 Å². The standard InChI is InChI=1S/C19H13BrN2O6/c20-11-8-9(6-7-12(11)28-10-4-2-1-3-5-10)13-14(18(24)25)16(21)22-17(23)15(13)19(26)27/h1-8H,(H,24,25)(H,26,27)(H3,21,22,23). The molecule has 1 heterocycles. The molecule has 8 nitrogen and oxygen atoms in total. The maximum absolute atomic E-state index is 12.1. The number of hydrogen-bond donors (Lipinski definition) is 4. The lowest BCUT2D eigenvalue weighted by Gasteiger charge is -2.14. The van der Waals surface area contributed by atoms with E-state index < -0.39 is 34.4 Å². The average Bonchev–Trinajstić information content (AvgIpc) is 2.63. The molecule has 0 spiro atoms. The Labute approximate surface area is 166 Å². The van der Waals surface area contributed by atoms with Crippen molar-refractivity contribution in [2.45, 2.75) is 0 Å². The van der Waals surface area contributed by atoms with E-state index in [1.807, 2.05) is 6.07 Å². The molecule has 5 N–H and O–H groups in total. The van der Waals surface area contributed by atoms with Crippen molar-refractivity contribution in [3.8, 4) is 22.6 Å². The fraction of sp³-hybridized carbons (Fsp3) is 0. The molecule has 0 unspecified atom stereocenters. The Morgan fingerprint density at radius 1 is 1.00 bits per heavy atom. The minimum atomic E-state index is -1.57. The van der Waals surface area contributed by atoms with E-state index in [0.717, 1.165) is 0 Å². The third-order valence-corrected chi connectivity index (χ3v) is 4.48. The van der Waals surface area contributed by atoms with Gasteiger partial charge in [-0.2, -0.15) is 0 Å². The second-order valence-electron chi connectivity index (χ2n) is 5.66. The summed E-state index contributed by atoms with van der Waals surface area (Å²) < 4.78 is 6.16. The molecule has 0 saturated heterocycles. The van der Waals surface area contributed by atoms with Gasteiger partial charge < -0.3 is 25.7 Å². The molecule has 0 fully saturated rings. The van der Waals surface area contributed by atoms with E-state index in [1.165, 1.54) is 18.2 Å². The number of anilines is 1. The first-order valence-corrected chi connectivity index (χ1v) is 8.64. The fourth-order valence-corrected chi connectivity index (χ4v) is 3.15. The Kier molecular flexibility index (Phi) is 5.18. The van der Waals surface area contributed by atoms with Crippen LogP contribution in [0.2, 0.25) is 0 Å². The van der Waals surface area contributed by atoms with Gasteiger partial charge in [0.2, 0.25) is 0 Å². The van der Waals surface area contributed by atoms with Crippen molar-refractivity contribution in [3.63, 3.8) is 0 Å². The van der Waals surface area contributed by atoms with Gasteiger partial charge in [-0.25, -0.2) is 9.59 Å². The summed E-state index contributed by atoms with van der Waals surface area (Å²) in [5.41, 5.74) is 3.32. The Bertz CT molecular complexity index is 1140. The van der Waals surface area contributed by atoms with Gasteiger partial charge in [0, 0.05) is 5.56 Å². The molecule has 0 saturated carbocycles. The van der Waals surface area contributed by atoms with Crippen molar-refractivity contribution in [1.82, 2.24) is 4.98 Å². The molecule has 28 heavy (non-hydrogen) atoms. The summed E-state index contributed by atoms with van der Waals surface area (Å²) >= 11 is 3.33. The predicted molar refractivity (Wildman–Crippen MR) is 105 cm³/mol. The highest BCUT2D eigenvalue weighted by Crippen LogP contribution is 2.36. The lowest BCUT2D eigenvalue weighted by Crippen LogP contribution is -2.24. The first-order valence-electron chi connectivity index (χ1n) is 7.84. The van der Waals surface area contributed by atoms with Crippen molar-refractivity contribution in [2.24, 2.45) is 0 Å². The number of para-hydroxylation sites is 1. The average molecular weight is 445 g/mol. The quantitative estimate of drug-likeness (QED) is 0.470. The molecule has 2 aromatic carbocycles. The number of hydrogen-bond acceptors (Lipinski definition) is 5. The summed E-state index contributed by atoms with van der Waals surface area (Å²) in [7, 11) is 0. The molecule has 0 aliphatic carbocycles. The highest BCUT2D eigenvalue weighted by molar-refractivity contribution is 9.10. The highest BCUT2D eigenvalue weighted by atomic mass is 79.9. The molecule has 0 bridgehead atoms. The van der Waals surface area contributed by atoms with Gasteiger partial charge in [-0.15, -0.1) is 0 Å². The number of nitrogens with one attached hydrogen (secondary N) is 1. The van der Waals surface area contributed by atoms with Gasteiger partial charge in [0.05, 0.1) is 4.47 Å². The Hall–Kier alpha value is -3.59. The largest absolute Gasteiger partial charge is 0.478 e. The van der Waals surface area contributed by atoms with Crippen molar-refractivity contribution < 1.29 is 24.5 Å². The second-order valence-corrected chi connectivity index (χ2v) is 6.52. The number of aromatic carboxylic acids is 2. The van der Waals surface area contributed by atoms with Gasteiger partial charge in [-0.05, 0) is 45.8 Å². The summed E-state index contributed by atoms with van der Waals surface area (Å²) in [5.74, 6) is -2.47. The van der Waals surface area contributed by atoms with E-state index in [9.17, 15) is 24.6 Å². The van der Waals surface area contributed by atoms with Crippen LogP contribution in [0.5, 0.6) is 11.5 Å². The summed E-state index contributed by atoms with van der Waals surface area (Å²) in [6.45, 7) is 0. The van der Waals surface area contributed by atoms with Crippen LogP contribution in [0, 0.1) is 0 Å². The van der Waals surface area contributed by atoms with Crippen LogP contribution in [0.15, 0.2) is 57.8 Å². The molecule has 1 aromatic heterocycles. The van der Waals surface area contributed by atoms with Gasteiger partial charge in [-0.3, -0.25) is 4.79 Å². The van der Waals surface area contributed by atoms with Crippen LogP contribution in [0.25, 0.3) is 11.1 Å². The Balaban J connectivity index is 2.19. The van der Waals surface area contributed by atoms with Crippen LogP contribution in [0.4, 0.5) is 5.82 Å². The number of ether oxygens (including phenoxy) is 1. The number of rotatable bonds is 5. The molecule has 0 atom stereocenters. The Morgan fingerprint density at radius 3 is 2.21 bits per heavy atom. The zero-order chi connectivity index (χ0) is 20.4. The number of pyridine rings is 1. The monoisotopic (exact) mass is 444 g/mol. The molecule has 9 heteroatoms. The lowest BCUT2D eigenvalue weighted by atomic mass is 9.95. The van der Waals surface area contributed by atoms with Crippen LogP contribution in [0.1, 0.15) is 20.7 Å². The number of nitrogens with two attached hydrogens (primary N) is 1. The molecule has 0 aliphatic rings. The van der Waals surface area contributed by atoms with E-state index in [4.69, 9.17) is 10.5 Å². The SMILES string of the molecule is Nc1[nH]c(=O)c(C(=O)O)c(-c2ccc(Oc3ccccc3)c(Br)c2)c1C(=O)O. The van der Waals surface area contributed by atoms with Crippen LogP contribution in [-0.2, 0) is 0 Å². The molecule has 3 aromatic rings. The minimum absolute atomic E-state index is 0.180. The number of carboxylic acid groups (broad SMARTS) is 2. The molecular formula is C19H13BrN2O6. The van der Waals surface area contributed by atoms with E-state index in [2.05, 4.69) is 20.9 Å². The van der Waals surface area contributed by atoms with E-state index in [-0.39, 0.29) is 11.1 Å². The van der Waals surface area contributed by atoms with Crippen LogP contribution >= 0.6 is 15.9 Å². The van der Waals surface area contributed by atoms with Crippen LogP contribution < -0.4 is 16.0 Å². The van der Waals surface area contributed by atoms with E-state index in [0.29, 0.717) is 16.0 Å². The zero-order valence-electron chi connectivity index (χ0n) is 14.1. The predicted octanol–water partition coefficient (Wildman–Crippen LogP) is 3.58. The molecular weight excluding hydrogens is 432 g/mol. The maximum Gasteiger partial charge on any atom is 0.342 e. The topological polar surface area (TPSA) is 143 Å². The molecule has 0 amide bonds. The number of carboxylic acids is 2. The van der Waals surface area contributed by atoms with Crippen molar-refractivity contribution in [3.05, 3.63) is 74.5 Å². The van der Waals surface area contributed by atoms with Crippen LogP contribution in [-0.4, -0.2) is 27.1 Å². The van der Waals surface area contributed by atoms with Gasteiger partial charge in [0.1, 0.15) is 28.4 Å². The lowest BCUT2D eigenvalue weighted by molar-refractivity contribution is 0.0695. The summed E-state index contributed by atoms with van der Waals surface area (Å²) in [6.07, 6.45) is 0. The maximum atomic E-state index is 12.1. The number of aromatic nitrogens is 1. The normalized spacial score (nSPS) is 10.5. The van der Waals surface area contributed by atoms with Gasteiger partial charge in [-0.1, -0.05) is 24.3 Å². The van der Waals surface area contributed by atoms with Crippen molar-refractivity contribution in [1.29, 1.82) is 0 Å².